The Bertz CT molecular complexity index is 128. The molecule has 0 aromatic carbocycles. The van der Waals surface area contributed by atoms with E-state index >= 15 is 0 Å². The summed E-state index contributed by atoms with van der Waals surface area (Å²) in [6.45, 7) is 7.97. The van der Waals surface area contributed by atoms with Crippen LogP contribution in [0.2, 0.25) is 0 Å². The van der Waals surface area contributed by atoms with Gasteiger partial charge in [0.25, 0.3) is 0 Å². The van der Waals surface area contributed by atoms with Crippen molar-refractivity contribution in [1.29, 1.82) is 0 Å². The maximum Gasteiger partial charge on any atom is 0.0556 e. The Morgan fingerprint density at radius 3 is 2.46 bits per heavy atom. The Labute approximate surface area is 81.7 Å². The van der Waals surface area contributed by atoms with Crippen LogP contribution in [-0.2, 0) is 0 Å². The number of nitrogens with two attached hydrogens (primary N) is 1. The van der Waals surface area contributed by atoms with Gasteiger partial charge in [-0.25, -0.2) is 0 Å². The van der Waals surface area contributed by atoms with Crippen LogP contribution >= 0.6 is 0 Å². The van der Waals surface area contributed by atoms with Crippen LogP contribution < -0.4 is 11.1 Å². The van der Waals surface area contributed by atoms with E-state index in [0.29, 0.717) is 19.0 Å². The third kappa shape index (κ3) is 6.02. The second-order valence-electron chi connectivity index (χ2n) is 4.35. The standard InChI is InChI=1S/C10H24N2O/c1-9(2)4-5-10(3,8-11)12-6-7-13/h9,12-13H,4-8,11H2,1-3H3. The predicted octanol–water partition coefficient (Wildman–Crippen LogP) is 0.722. The molecule has 13 heavy (non-hydrogen) atoms. The van der Waals surface area contributed by atoms with E-state index in [4.69, 9.17) is 10.8 Å². The molecule has 0 aliphatic carbocycles. The van der Waals surface area contributed by atoms with Gasteiger partial charge in [0.1, 0.15) is 0 Å². The van der Waals surface area contributed by atoms with Gasteiger partial charge in [-0.3, -0.25) is 0 Å². The first-order valence-electron chi connectivity index (χ1n) is 5.10. The highest BCUT2D eigenvalue weighted by Gasteiger charge is 2.20. The molecule has 0 aliphatic heterocycles. The minimum absolute atomic E-state index is 0.00694. The van der Waals surface area contributed by atoms with Crippen molar-refractivity contribution < 1.29 is 5.11 Å². The molecule has 0 amide bonds. The molecule has 0 aromatic rings. The lowest BCUT2D eigenvalue weighted by molar-refractivity contribution is 0.248. The fourth-order valence-electron chi connectivity index (χ4n) is 1.23. The summed E-state index contributed by atoms with van der Waals surface area (Å²) in [5.74, 6) is 0.710. The molecular weight excluding hydrogens is 164 g/mol. The predicted molar refractivity (Wildman–Crippen MR) is 56.6 cm³/mol. The summed E-state index contributed by atoms with van der Waals surface area (Å²) in [7, 11) is 0. The molecule has 0 bridgehead atoms. The van der Waals surface area contributed by atoms with Gasteiger partial charge in [-0.15, -0.1) is 0 Å². The highest BCUT2D eigenvalue weighted by atomic mass is 16.3. The average Bonchev–Trinajstić information content (AvgIpc) is 2.11. The maximum atomic E-state index is 8.70. The lowest BCUT2D eigenvalue weighted by Gasteiger charge is -2.30. The molecule has 1 unspecified atom stereocenters. The first-order valence-corrected chi connectivity index (χ1v) is 5.10. The first-order chi connectivity index (χ1) is 6.04. The number of rotatable bonds is 7. The van der Waals surface area contributed by atoms with E-state index < -0.39 is 0 Å². The van der Waals surface area contributed by atoms with Gasteiger partial charge in [0.05, 0.1) is 6.61 Å². The van der Waals surface area contributed by atoms with Gasteiger partial charge in [-0.1, -0.05) is 13.8 Å². The molecule has 0 aromatic heterocycles. The zero-order valence-electron chi connectivity index (χ0n) is 9.14. The second kappa shape index (κ2) is 6.35. The largest absolute Gasteiger partial charge is 0.395 e. The van der Waals surface area contributed by atoms with E-state index in [9.17, 15) is 0 Å². The zero-order valence-corrected chi connectivity index (χ0v) is 9.14. The van der Waals surface area contributed by atoms with Gasteiger partial charge in [0.15, 0.2) is 0 Å². The van der Waals surface area contributed by atoms with Gasteiger partial charge < -0.3 is 16.2 Å². The molecule has 0 rings (SSSR count). The smallest absolute Gasteiger partial charge is 0.0556 e. The van der Waals surface area contributed by atoms with Crippen molar-refractivity contribution in [2.45, 2.75) is 39.2 Å². The molecule has 0 saturated heterocycles. The van der Waals surface area contributed by atoms with Crippen LogP contribution in [0.4, 0.5) is 0 Å². The summed E-state index contributed by atoms with van der Waals surface area (Å²) in [5, 5.41) is 12.0. The molecule has 0 heterocycles. The molecule has 80 valence electrons. The summed E-state index contributed by atoms with van der Waals surface area (Å²) in [5.41, 5.74) is 5.68. The van der Waals surface area contributed by atoms with E-state index in [1.54, 1.807) is 0 Å². The van der Waals surface area contributed by atoms with Crippen molar-refractivity contribution in [1.82, 2.24) is 5.32 Å². The van der Waals surface area contributed by atoms with Crippen molar-refractivity contribution in [3.8, 4) is 0 Å². The fraction of sp³-hybridized carbons (Fsp3) is 1.00. The van der Waals surface area contributed by atoms with E-state index in [-0.39, 0.29) is 12.1 Å². The number of β-amino-alcohol motifs (C(OH)–C–C–N with tert-alkyl or cyclic N) is 1. The molecule has 0 saturated carbocycles. The Morgan fingerprint density at radius 1 is 1.46 bits per heavy atom. The Balaban J connectivity index is 3.81. The summed E-state index contributed by atoms with van der Waals surface area (Å²) >= 11 is 0. The zero-order chi connectivity index (χ0) is 10.3. The highest BCUT2D eigenvalue weighted by molar-refractivity contribution is 4.84. The topological polar surface area (TPSA) is 58.3 Å². The van der Waals surface area contributed by atoms with Crippen LogP contribution in [0.5, 0.6) is 0 Å². The molecule has 0 radical (unpaired) electrons. The number of hydrogen-bond donors (Lipinski definition) is 3. The van der Waals surface area contributed by atoms with Crippen LogP contribution in [0.3, 0.4) is 0 Å². The van der Waals surface area contributed by atoms with Crippen LogP contribution in [0.15, 0.2) is 0 Å². The van der Waals surface area contributed by atoms with Crippen LogP contribution in [-0.4, -0.2) is 30.3 Å². The lowest BCUT2D eigenvalue weighted by Crippen LogP contribution is -2.49. The van der Waals surface area contributed by atoms with E-state index in [1.807, 2.05) is 0 Å². The summed E-state index contributed by atoms with van der Waals surface area (Å²) < 4.78 is 0. The summed E-state index contributed by atoms with van der Waals surface area (Å²) in [6.07, 6.45) is 2.24. The third-order valence-electron chi connectivity index (χ3n) is 2.39. The van der Waals surface area contributed by atoms with Crippen molar-refractivity contribution in [2.24, 2.45) is 11.7 Å². The summed E-state index contributed by atoms with van der Waals surface area (Å²) in [6, 6.07) is 0. The number of nitrogens with one attached hydrogen (secondary N) is 1. The number of aliphatic hydroxyl groups excluding tert-OH is 1. The normalized spacial score (nSPS) is 16.2. The van der Waals surface area contributed by atoms with Gasteiger partial charge >= 0.3 is 0 Å². The van der Waals surface area contributed by atoms with E-state index in [1.165, 1.54) is 6.42 Å². The van der Waals surface area contributed by atoms with E-state index in [2.05, 4.69) is 26.1 Å². The van der Waals surface area contributed by atoms with E-state index in [0.717, 1.165) is 6.42 Å². The first kappa shape index (κ1) is 12.9. The van der Waals surface area contributed by atoms with Crippen LogP contribution in [0.25, 0.3) is 0 Å². The van der Waals surface area contributed by atoms with Crippen molar-refractivity contribution in [3.63, 3.8) is 0 Å². The average molecular weight is 188 g/mol. The van der Waals surface area contributed by atoms with Gasteiger partial charge in [-0.05, 0) is 25.7 Å². The number of aliphatic hydroxyl groups is 1. The SMILES string of the molecule is CC(C)CCC(C)(CN)NCCO. The van der Waals surface area contributed by atoms with Crippen molar-refractivity contribution >= 4 is 0 Å². The monoisotopic (exact) mass is 188 g/mol. The third-order valence-corrected chi connectivity index (χ3v) is 2.39. The molecule has 4 N–H and O–H groups in total. The Kier molecular flexibility index (Phi) is 6.29. The molecule has 3 heteroatoms. The van der Waals surface area contributed by atoms with Crippen LogP contribution in [0.1, 0.15) is 33.6 Å². The van der Waals surface area contributed by atoms with Crippen molar-refractivity contribution in [2.75, 3.05) is 19.7 Å². The molecular formula is C10H24N2O. The molecule has 1 atom stereocenters. The van der Waals surface area contributed by atoms with Gasteiger partial charge in [0, 0.05) is 18.6 Å². The quantitative estimate of drug-likeness (QED) is 0.552. The lowest BCUT2D eigenvalue weighted by atomic mass is 9.92. The maximum absolute atomic E-state index is 8.70. The van der Waals surface area contributed by atoms with Gasteiger partial charge in [0.2, 0.25) is 0 Å². The minimum atomic E-state index is -0.00694. The Hall–Kier alpha value is -0.120. The number of hydrogen-bond acceptors (Lipinski definition) is 3. The second-order valence-corrected chi connectivity index (χ2v) is 4.35. The van der Waals surface area contributed by atoms with Crippen LogP contribution in [0, 0.1) is 5.92 Å². The molecule has 0 spiro atoms. The molecule has 0 fully saturated rings. The highest BCUT2D eigenvalue weighted by Crippen LogP contribution is 2.14. The van der Waals surface area contributed by atoms with Crippen molar-refractivity contribution in [3.05, 3.63) is 0 Å². The Morgan fingerprint density at radius 2 is 2.08 bits per heavy atom. The molecule has 0 aliphatic rings. The van der Waals surface area contributed by atoms with Gasteiger partial charge in [-0.2, -0.15) is 0 Å². The molecule has 3 nitrogen and oxygen atoms in total. The fourth-order valence-corrected chi connectivity index (χ4v) is 1.23. The summed E-state index contributed by atoms with van der Waals surface area (Å²) in [4.78, 5) is 0. The minimum Gasteiger partial charge on any atom is -0.395 e.